The van der Waals surface area contributed by atoms with E-state index in [9.17, 15) is 14.9 Å². The highest BCUT2D eigenvalue weighted by atomic mass is 16.6. The quantitative estimate of drug-likeness (QED) is 0.670. The molecule has 112 valence electrons. The van der Waals surface area contributed by atoms with Crippen LogP contribution in [0.4, 0.5) is 16.2 Å². The first-order chi connectivity index (χ1) is 10.2. The van der Waals surface area contributed by atoms with E-state index in [-0.39, 0.29) is 17.4 Å². The van der Waals surface area contributed by atoms with Gasteiger partial charge >= 0.3 is 11.7 Å². The number of urea groups is 1. The van der Waals surface area contributed by atoms with Crippen LogP contribution in [0.1, 0.15) is 32.1 Å². The molecule has 0 spiro atoms. The van der Waals surface area contributed by atoms with Gasteiger partial charge in [0.1, 0.15) is 11.9 Å². The Kier molecular flexibility index (Phi) is 3.72. The number of nitro groups is 1. The van der Waals surface area contributed by atoms with Crippen molar-refractivity contribution < 1.29 is 9.72 Å². The molecule has 21 heavy (non-hydrogen) atoms. The molecular formula is C14H18N4O3. The number of rotatable bonds is 2. The lowest BCUT2D eigenvalue weighted by Crippen LogP contribution is -2.48. The fraction of sp³-hybridized carbons (Fsp3) is 0.571. The van der Waals surface area contributed by atoms with Crippen LogP contribution in [0.15, 0.2) is 18.5 Å². The van der Waals surface area contributed by atoms with Crippen molar-refractivity contribution in [2.75, 3.05) is 11.9 Å². The molecule has 1 saturated carbocycles. The van der Waals surface area contributed by atoms with E-state index in [1.165, 1.54) is 25.1 Å². The number of fused-ring (bicyclic) bond motifs is 1. The monoisotopic (exact) mass is 290 g/mol. The second kappa shape index (κ2) is 5.67. The number of carbonyl (C=O) groups excluding carboxylic acids is 1. The van der Waals surface area contributed by atoms with E-state index in [1.54, 1.807) is 0 Å². The molecule has 3 rings (SSSR count). The van der Waals surface area contributed by atoms with Gasteiger partial charge in [0.05, 0.1) is 4.92 Å². The highest BCUT2D eigenvalue weighted by Crippen LogP contribution is 2.37. The summed E-state index contributed by atoms with van der Waals surface area (Å²) in [7, 11) is 0. The maximum Gasteiger partial charge on any atom is 0.322 e. The summed E-state index contributed by atoms with van der Waals surface area (Å²) < 4.78 is 0. The molecule has 0 bridgehead atoms. The Hall–Kier alpha value is -2.18. The smallest absolute Gasteiger partial charge is 0.321 e. The first kappa shape index (κ1) is 13.8. The summed E-state index contributed by atoms with van der Waals surface area (Å²) in [5.41, 5.74) is 0.0333. The third-order valence-corrected chi connectivity index (χ3v) is 4.49. The molecule has 1 saturated heterocycles. The Bertz CT molecular complexity index is 563. The number of anilines is 1. The summed E-state index contributed by atoms with van der Waals surface area (Å²) in [5.74, 6) is 0.594. The van der Waals surface area contributed by atoms with Crippen LogP contribution in [-0.4, -0.2) is 33.4 Å². The van der Waals surface area contributed by atoms with Gasteiger partial charge in [0.2, 0.25) is 0 Å². The Morgan fingerprint density at radius 3 is 3.00 bits per heavy atom. The van der Waals surface area contributed by atoms with Gasteiger partial charge in [-0.25, -0.2) is 4.79 Å². The SMILES string of the molecule is O=C(Nc1ccncc1[N+](=O)[O-])N1CCC[C@@H]2CCC[C@@H]21. The number of nitrogens with zero attached hydrogens (tertiary/aromatic N) is 3. The van der Waals surface area contributed by atoms with Gasteiger partial charge in [-0.05, 0) is 37.7 Å². The van der Waals surface area contributed by atoms with Gasteiger partial charge < -0.3 is 10.2 Å². The van der Waals surface area contributed by atoms with E-state index in [1.807, 2.05) is 4.90 Å². The minimum Gasteiger partial charge on any atom is -0.321 e. The number of aromatic nitrogens is 1. The van der Waals surface area contributed by atoms with Crippen molar-refractivity contribution in [2.24, 2.45) is 5.92 Å². The highest BCUT2D eigenvalue weighted by molar-refractivity contribution is 5.91. The van der Waals surface area contributed by atoms with Gasteiger partial charge in [-0.1, -0.05) is 6.42 Å². The Morgan fingerprint density at radius 1 is 1.38 bits per heavy atom. The maximum atomic E-state index is 12.5. The lowest BCUT2D eigenvalue weighted by atomic mass is 9.92. The molecule has 2 heterocycles. The molecule has 1 N–H and O–H groups in total. The molecule has 0 aromatic carbocycles. The number of nitrogens with one attached hydrogen (secondary N) is 1. The van der Waals surface area contributed by atoms with E-state index >= 15 is 0 Å². The number of piperidine rings is 1. The molecule has 0 radical (unpaired) electrons. The van der Waals surface area contributed by atoms with Gasteiger partial charge in [0, 0.05) is 18.8 Å². The van der Waals surface area contributed by atoms with E-state index in [4.69, 9.17) is 0 Å². The van der Waals surface area contributed by atoms with Crippen LogP contribution in [0.5, 0.6) is 0 Å². The van der Waals surface area contributed by atoms with Gasteiger partial charge in [-0.2, -0.15) is 0 Å². The molecule has 1 aliphatic carbocycles. The Morgan fingerprint density at radius 2 is 2.19 bits per heavy atom. The van der Waals surface area contributed by atoms with E-state index < -0.39 is 4.92 Å². The van der Waals surface area contributed by atoms with Crippen molar-refractivity contribution in [1.29, 1.82) is 0 Å². The van der Waals surface area contributed by atoms with Crippen LogP contribution < -0.4 is 5.32 Å². The molecule has 7 nitrogen and oxygen atoms in total. The summed E-state index contributed by atoms with van der Waals surface area (Å²) >= 11 is 0. The van der Waals surface area contributed by atoms with Crippen LogP contribution in [0.2, 0.25) is 0 Å². The van der Waals surface area contributed by atoms with Crippen LogP contribution in [0.3, 0.4) is 0 Å². The second-order valence-corrected chi connectivity index (χ2v) is 5.67. The lowest BCUT2D eigenvalue weighted by molar-refractivity contribution is -0.384. The number of likely N-dealkylation sites (tertiary alicyclic amines) is 1. The van der Waals surface area contributed by atoms with Gasteiger partial charge in [-0.15, -0.1) is 0 Å². The van der Waals surface area contributed by atoms with E-state index in [2.05, 4.69) is 10.3 Å². The van der Waals surface area contributed by atoms with Crippen molar-refractivity contribution in [1.82, 2.24) is 9.88 Å². The lowest BCUT2D eigenvalue weighted by Gasteiger charge is -2.37. The topological polar surface area (TPSA) is 88.4 Å². The average Bonchev–Trinajstić information content (AvgIpc) is 2.95. The minimum absolute atomic E-state index is 0.175. The summed E-state index contributed by atoms with van der Waals surface area (Å²) in [5, 5.41) is 13.6. The number of amides is 2. The number of hydrogen-bond donors (Lipinski definition) is 1. The predicted molar refractivity (Wildman–Crippen MR) is 77.0 cm³/mol. The second-order valence-electron chi connectivity index (χ2n) is 5.67. The fourth-order valence-electron chi connectivity index (χ4n) is 3.53. The molecule has 1 aliphatic heterocycles. The largest absolute Gasteiger partial charge is 0.322 e. The molecule has 1 aromatic heterocycles. The van der Waals surface area contributed by atoms with Crippen molar-refractivity contribution in [3.63, 3.8) is 0 Å². The normalized spacial score (nSPS) is 24.5. The number of hydrogen-bond acceptors (Lipinski definition) is 4. The van der Waals surface area contributed by atoms with Gasteiger partial charge in [-0.3, -0.25) is 15.1 Å². The third kappa shape index (κ3) is 2.68. The molecule has 0 unspecified atom stereocenters. The van der Waals surface area contributed by atoms with Crippen molar-refractivity contribution in [2.45, 2.75) is 38.1 Å². The van der Waals surface area contributed by atoms with Crippen molar-refractivity contribution in [3.05, 3.63) is 28.6 Å². The van der Waals surface area contributed by atoms with Crippen LogP contribution in [-0.2, 0) is 0 Å². The molecule has 2 fully saturated rings. The Balaban J connectivity index is 1.76. The van der Waals surface area contributed by atoms with Crippen molar-refractivity contribution in [3.8, 4) is 0 Å². The molecule has 7 heteroatoms. The molecular weight excluding hydrogens is 272 g/mol. The first-order valence-corrected chi connectivity index (χ1v) is 7.33. The summed E-state index contributed by atoms with van der Waals surface area (Å²) in [4.78, 5) is 28.5. The average molecular weight is 290 g/mol. The number of carbonyl (C=O) groups is 1. The molecule has 1 aromatic rings. The fourth-order valence-corrected chi connectivity index (χ4v) is 3.53. The number of pyridine rings is 1. The minimum atomic E-state index is -0.531. The van der Waals surface area contributed by atoms with Crippen LogP contribution >= 0.6 is 0 Å². The molecule has 2 amide bonds. The highest BCUT2D eigenvalue weighted by Gasteiger charge is 2.37. The van der Waals surface area contributed by atoms with Crippen molar-refractivity contribution >= 4 is 17.4 Å². The predicted octanol–water partition coefficient (Wildman–Crippen LogP) is 2.79. The maximum absolute atomic E-state index is 12.5. The third-order valence-electron chi connectivity index (χ3n) is 4.49. The first-order valence-electron chi connectivity index (χ1n) is 7.33. The summed E-state index contributed by atoms with van der Waals surface area (Å²) in [6.45, 7) is 0.728. The zero-order valence-electron chi connectivity index (χ0n) is 11.7. The van der Waals surface area contributed by atoms with Crippen LogP contribution in [0.25, 0.3) is 0 Å². The molecule has 2 atom stereocenters. The zero-order chi connectivity index (χ0) is 14.8. The Labute approximate surface area is 122 Å². The van der Waals surface area contributed by atoms with Gasteiger partial charge in [0.25, 0.3) is 0 Å². The van der Waals surface area contributed by atoms with Gasteiger partial charge in [0.15, 0.2) is 0 Å². The van der Waals surface area contributed by atoms with Crippen LogP contribution in [0, 0.1) is 16.0 Å². The zero-order valence-corrected chi connectivity index (χ0v) is 11.7. The van der Waals surface area contributed by atoms with E-state index in [0.717, 1.165) is 32.0 Å². The summed E-state index contributed by atoms with van der Waals surface area (Å²) in [6.07, 6.45) is 8.17. The molecule has 2 aliphatic rings. The van der Waals surface area contributed by atoms with E-state index in [0.29, 0.717) is 12.0 Å². The summed E-state index contributed by atoms with van der Waals surface area (Å²) in [6, 6.07) is 1.52. The standard InChI is InChI=1S/C14H18N4O3/c19-14(16-11-6-7-15-9-13(11)18(20)21)17-8-2-4-10-3-1-5-12(10)17/h6-7,9-10,12H,1-5,8H2,(H,15,16,19)/t10-,12-/m0/s1.